The lowest BCUT2D eigenvalue weighted by molar-refractivity contribution is 0.852. The van der Waals surface area contributed by atoms with Crippen LogP contribution in [0.2, 0.25) is 5.15 Å². The smallest absolute Gasteiger partial charge is 0.155 e. The highest BCUT2D eigenvalue weighted by Gasteiger charge is 2.14. The van der Waals surface area contributed by atoms with Crippen molar-refractivity contribution >= 4 is 23.2 Å². The Kier molecular flexibility index (Phi) is 4.17. The lowest BCUT2D eigenvalue weighted by Crippen LogP contribution is -2.07. The number of hydrogen-bond donors (Lipinski definition) is 1. The van der Waals surface area contributed by atoms with E-state index in [1.807, 2.05) is 19.1 Å². The van der Waals surface area contributed by atoms with E-state index in [1.54, 1.807) is 23.0 Å². The molecule has 0 radical (unpaired) electrons. The van der Waals surface area contributed by atoms with E-state index >= 15 is 0 Å². The van der Waals surface area contributed by atoms with E-state index in [4.69, 9.17) is 11.6 Å². The van der Waals surface area contributed by atoms with E-state index in [0.29, 0.717) is 40.4 Å². The number of aryl methyl sites for hydroxylation is 1. The molecular weight excluding hydrogens is 314 g/mol. The van der Waals surface area contributed by atoms with E-state index in [2.05, 4.69) is 31.4 Å². The molecule has 0 aliphatic rings. The number of halogens is 1. The molecule has 3 aromatic rings. The monoisotopic (exact) mass is 325 g/mol. The first-order valence-electron chi connectivity index (χ1n) is 6.91. The summed E-state index contributed by atoms with van der Waals surface area (Å²) in [5, 5.41) is 16.9. The third-order valence-corrected chi connectivity index (χ3v) is 3.25. The van der Waals surface area contributed by atoms with Gasteiger partial charge >= 0.3 is 0 Å². The maximum atomic E-state index is 9.29. The second-order valence-corrected chi connectivity index (χ2v) is 4.98. The molecule has 0 saturated heterocycles. The van der Waals surface area contributed by atoms with Gasteiger partial charge in [-0.25, -0.2) is 15.0 Å². The summed E-state index contributed by atoms with van der Waals surface area (Å²) in [6.45, 7) is 1.94. The van der Waals surface area contributed by atoms with Gasteiger partial charge in [0.1, 0.15) is 28.4 Å². The highest BCUT2D eigenvalue weighted by Crippen LogP contribution is 2.23. The Morgan fingerprint density at radius 1 is 1.35 bits per heavy atom. The fourth-order valence-electron chi connectivity index (χ4n) is 2.01. The molecule has 0 spiro atoms. The molecule has 114 valence electrons. The first kappa shape index (κ1) is 14.9. The number of nitriles is 1. The van der Waals surface area contributed by atoms with E-state index in [0.717, 1.165) is 0 Å². The van der Waals surface area contributed by atoms with Crippen molar-refractivity contribution in [2.45, 2.75) is 13.3 Å². The summed E-state index contributed by atoms with van der Waals surface area (Å²) in [6.07, 6.45) is 3.78. The van der Waals surface area contributed by atoms with Crippen molar-refractivity contribution in [2.24, 2.45) is 0 Å². The molecule has 23 heavy (non-hydrogen) atoms. The minimum absolute atomic E-state index is 0.335. The van der Waals surface area contributed by atoms with E-state index in [9.17, 15) is 5.26 Å². The highest BCUT2D eigenvalue weighted by atomic mass is 35.5. The summed E-state index contributed by atoms with van der Waals surface area (Å²) in [6, 6.07) is 9.14. The summed E-state index contributed by atoms with van der Waals surface area (Å²) >= 11 is 6.01. The van der Waals surface area contributed by atoms with Crippen LogP contribution in [-0.2, 0) is 6.42 Å². The van der Waals surface area contributed by atoms with Crippen molar-refractivity contribution in [1.29, 1.82) is 5.26 Å². The quantitative estimate of drug-likeness (QED) is 0.741. The van der Waals surface area contributed by atoms with Gasteiger partial charge in [0.15, 0.2) is 11.6 Å². The number of aromatic nitrogens is 5. The molecule has 7 nitrogen and oxygen atoms in total. The van der Waals surface area contributed by atoms with Crippen molar-refractivity contribution in [1.82, 2.24) is 24.7 Å². The second kappa shape index (κ2) is 6.42. The zero-order valence-electron chi connectivity index (χ0n) is 12.2. The maximum absolute atomic E-state index is 9.29. The van der Waals surface area contributed by atoms with Crippen molar-refractivity contribution in [3.63, 3.8) is 0 Å². The van der Waals surface area contributed by atoms with E-state index in [-0.39, 0.29) is 0 Å². The molecule has 0 saturated carbocycles. The summed E-state index contributed by atoms with van der Waals surface area (Å²) in [4.78, 5) is 12.7. The highest BCUT2D eigenvalue weighted by molar-refractivity contribution is 6.29. The van der Waals surface area contributed by atoms with Crippen molar-refractivity contribution in [2.75, 3.05) is 5.32 Å². The van der Waals surface area contributed by atoms with Gasteiger partial charge in [-0.2, -0.15) is 15.0 Å². The zero-order chi connectivity index (χ0) is 16.2. The predicted molar refractivity (Wildman–Crippen MR) is 85.8 cm³/mol. The first-order chi connectivity index (χ1) is 11.2. The molecule has 0 atom stereocenters. The van der Waals surface area contributed by atoms with Crippen LogP contribution in [0.25, 0.3) is 5.82 Å². The van der Waals surface area contributed by atoms with Crippen LogP contribution in [0.4, 0.5) is 11.6 Å². The van der Waals surface area contributed by atoms with Crippen LogP contribution in [0.3, 0.4) is 0 Å². The molecule has 8 heteroatoms. The van der Waals surface area contributed by atoms with E-state index in [1.165, 1.54) is 6.20 Å². The average Bonchev–Trinajstić information content (AvgIpc) is 2.97. The van der Waals surface area contributed by atoms with Crippen LogP contribution < -0.4 is 5.32 Å². The van der Waals surface area contributed by atoms with Crippen LogP contribution in [0, 0.1) is 11.3 Å². The van der Waals surface area contributed by atoms with Gasteiger partial charge in [0.25, 0.3) is 0 Å². The Labute approximate surface area is 137 Å². The number of hydrogen-bond acceptors (Lipinski definition) is 6. The number of nitrogens with one attached hydrogen (secondary N) is 1. The van der Waals surface area contributed by atoms with Crippen LogP contribution in [0.5, 0.6) is 0 Å². The molecular formula is C15H12ClN7. The number of pyridine rings is 1. The summed E-state index contributed by atoms with van der Waals surface area (Å²) < 4.78 is 1.54. The Balaban J connectivity index is 2.05. The standard InChI is InChI=1S/C15H12ClN7/c1-2-12-20-11(16)7-13(21-12)22-15-10(8-17)9-19-23(15)14-5-3-4-6-18-14/h3-7,9H,2H2,1H3,(H,20,21,22). The third-order valence-electron chi connectivity index (χ3n) is 3.06. The molecule has 0 amide bonds. The third kappa shape index (κ3) is 3.12. The number of anilines is 2. The molecule has 0 unspecified atom stereocenters. The topological polar surface area (TPSA) is 92.3 Å². The Morgan fingerprint density at radius 2 is 2.22 bits per heavy atom. The van der Waals surface area contributed by atoms with Crippen LogP contribution in [0.15, 0.2) is 36.7 Å². The summed E-state index contributed by atoms with van der Waals surface area (Å²) in [7, 11) is 0. The minimum Gasteiger partial charge on any atom is -0.324 e. The first-order valence-corrected chi connectivity index (χ1v) is 7.29. The molecule has 3 aromatic heterocycles. The van der Waals surface area contributed by atoms with E-state index < -0.39 is 0 Å². The Bertz CT molecular complexity index is 867. The van der Waals surface area contributed by atoms with Gasteiger partial charge in [-0.05, 0) is 12.1 Å². The van der Waals surface area contributed by atoms with Gasteiger partial charge in [-0.3, -0.25) is 0 Å². The minimum atomic E-state index is 0.335. The molecule has 1 N–H and O–H groups in total. The molecule has 3 heterocycles. The lowest BCUT2D eigenvalue weighted by atomic mass is 10.3. The molecule has 0 aliphatic carbocycles. The van der Waals surface area contributed by atoms with Gasteiger partial charge in [0.2, 0.25) is 0 Å². The predicted octanol–water partition coefficient (Wildman–Crippen LogP) is 2.89. The molecule has 0 bridgehead atoms. The molecule has 0 aliphatic heterocycles. The lowest BCUT2D eigenvalue weighted by Gasteiger charge is -2.10. The maximum Gasteiger partial charge on any atom is 0.155 e. The number of nitrogens with zero attached hydrogens (tertiary/aromatic N) is 6. The van der Waals surface area contributed by atoms with Gasteiger partial charge in [-0.1, -0.05) is 24.6 Å². The van der Waals surface area contributed by atoms with Gasteiger partial charge < -0.3 is 5.32 Å². The largest absolute Gasteiger partial charge is 0.324 e. The number of rotatable bonds is 4. The fourth-order valence-corrected chi connectivity index (χ4v) is 2.21. The molecule has 0 fully saturated rings. The Hall–Kier alpha value is -2.98. The van der Waals surface area contributed by atoms with Crippen molar-refractivity contribution < 1.29 is 0 Å². The van der Waals surface area contributed by atoms with Gasteiger partial charge in [0, 0.05) is 18.7 Å². The Morgan fingerprint density at radius 3 is 2.91 bits per heavy atom. The van der Waals surface area contributed by atoms with Gasteiger partial charge in [-0.15, -0.1) is 0 Å². The normalized spacial score (nSPS) is 10.3. The van der Waals surface area contributed by atoms with Crippen molar-refractivity contribution in [3.05, 3.63) is 53.2 Å². The van der Waals surface area contributed by atoms with Gasteiger partial charge in [0.05, 0.1) is 6.20 Å². The summed E-state index contributed by atoms with van der Waals surface area (Å²) in [5.41, 5.74) is 0.378. The van der Waals surface area contributed by atoms with Crippen LogP contribution in [-0.4, -0.2) is 24.7 Å². The van der Waals surface area contributed by atoms with Crippen LogP contribution >= 0.6 is 11.6 Å². The summed E-state index contributed by atoms with van der Waals surface area (Å²) in [5.74, 6) is 2.17. The second-order valence-electron chi connectivity index (χ2n) is 4.59. The fraction of sp³-hybridized carbons (Fsp3) is 0.133. The SMILES string of the molecule is CCc1nc(Cl)cc(Nc2c(C#N)cnn2-c2ccccn2)n1. The zero-order valence-corrected chi connectivity index (χ0v) is 13.0. The average molecular weight is 326 g/mol. The van der Waals surface area contributed by atoms with Crippen LogP contribution in [0.1, 0.15) is 18.3 Å². The molecule has 3 rings (SSSR count). The van der Waals surface area contributed by atoms with Crippen molar-refractivity contribution in [3.8, 4) is 11.9 Å². The molecule has 0 aromatic carbocycles.